The van der Waals surface area contributed by atoms with Crippen molar-refractivity contribution in [1.82, 2.24) is 14.9 Å². The predicted molar refractivity (Wildman–Crippen MR) is 73.5 cm³/mol. The second kappa shape index (κ2) is 5.49. The molecule has 0 spiro atoms. The lowest BCUT2D eigenvalue weighted by molar-refractivity contribution is 0.213. The van der Waals surface area contributed by atoms with Crippen molar-refractivity contribution in [3.05, 3.63) is 11.8 Å². The molecule has 0 aromatic carbocycles. The second-order valence-electron chi connectivity index (χ2n) is 4.82. The summed E-state index contributed by atoms with van der Waals surface area (Å²) in [6.07, 6.45) is 1.15. The van der Waals surface area contributed by atoms with Gasteiger partial charge in [-0.3, -0.25) is 10.3 Å². The Morgan fingerprint density at radius 1 is 1.44 bits per heavy atom. The summed E-state index contributed by atoms with van der Waals surface area (Å²) in [5, 5.41) is 0. The SMILES string of the molecule is CCC1CN(c2cc(C)nc(NN)n2)CCN1C. The van der Waals surface area contributed by atoms with Crippen LogP contribution in [-0.4, -0.2) is 47.6 Å². The third-order valence-corrected chi connectivity index (χ3v) is 3.54. The second-order valence-corrected chi connectivity index (χ2v) is 4.82. The molecular formula is C12H22N6. The zero-order chi connectivity index (χ0) is 13.1. The first-order chi connectivity index (χ1) is 8.63. The molecule has 1 aromatic heterocycles. The van der Waals surface area contributed by atoms with E-state index in [2.05, 4.69) is 39.2 Å². The molecule has 100 valence electrons. The van der Waals surface area contributed by atoms with Gasteiger partial charge < -0.3 is 4.90 Å². The van der Waals surface area contributed by atoms with Crippen LogP contribution in [-0.2, 0) is 0 Å². The highest BCUT2D eigenvalue weighted by Crippen LogP contribution is 2.19. The number of nitrogen functional groups attached to an aromatic ring is 1. The van der Waals surface area contributed by atoms with Gasteiger partial charge in [-0.05, 0) is 20.4 Å². The van der Waals surface area contributed by atoms with Crippen LogP contribution in [0.25, 0.3) is 0 Å². The maximum absolute atomic E-state index is 5.39. The number of anilines is 2. The Hall–Kier alpha value is -1.40. The van der Waals surface area contributed by atoms with Crippen LogP contribution in [0, 0.1) is 6.92 Å². The van der Waals surface area contributed by atoms with E-state index >= 15 is 0 Å². The molecule has 6 heteroatoms. The van der Waals surface area contributed by atoms with Crippen LogP contribution in [0.4, 0.5) is 11.8 Å². The van der Waals surface area contributed by atoms with Gasteiger partial charge in [0.25, 0.3) is 0 Å². The molecule has 0 radical (unpaired) electrons. The van der Waals surface area contributed by atoms with Gasteiger partial charge >= 0.3 is 0 Å². The Labute approximate surface area is 108 Å². The first-order valence-electron chi connectivity index (χ1n) is 6.41. The minimum Gasteiger partial charge on any atom is -0.354 e. The van der Waals surface area contributed by atoms with Crippen molar-refractivity contribution >= 4 is 11.8 Å². The van der Waals surface area contributed by atoms with Gasteiger partial charge in [0.05, 0.1) is 0 Å². The van der Waals surface area contributed by atoms with Crippen LogP contribution in [0.1, 0.15) is 19.0 Å². The average Bonchev–Trinajstić information content (AvgIpc) is 2.38. The molecule has 0 bridgehead atoms. The molecule has 6 nitrogen and oxygen atoms in total. The summed E-state index contributed by atoms with van der Waals surface area (Å²) in [6, 6.07) is 2.60. The molecular weight excluding hydrogens is 228 g/mol. The van der Waals surface area contributed by atoms with Gasteiger partial charge in [-0.2, -0.15) is 4.98 Å². The van der Waals surface area contributed by atoms with Crippen LogP contribution in [0.15, 0.2) is 6.07 Å². The largest absolute Gasteiger partial charge is 0.354 e. The summed E-state index contributed by atoms with van der Waals surface area (Å²) in [5.41, 5.74) is 3.45. The number of nitrogens with zero attached hydrogens (tertiary/aromatic N) is 4. The Morgan fingerprint density at radius 3 is 2.89 bits per heavy atom. The quantitative estimate of drug-likeness (QED) is 0.605. The van der Waals surface area contributed by atoms with Crippen molar-refractivity contribution in [2.24, 2.45) is 5.84 Å². The van der Waals surface area contributed by atoms with Crippen LogP contribution < -0.4 is 16.2 Å². The lowest BCUT2D eigenvalue weighted by atomic mass is 10.1. The highest BCUT2D eigenvalue weighted by molar-refractivity contribution is 5.45. The fourth-order valence-electron chi connectivity index (χ4n) is 2.37. The van der Waals surface area contributed by atoms with E-state index in [4.69, 9.17) is 5.84 Å². The molecule has 1 aromatic rings. The van der Waals surface area contributed by atoms with Gasteiger partial charge in [0.15, 0.2) is 0 Å². The number of hydrazine groups is 1. The average molecular weight is 250 g/mol. The van der Waals surface area contributed by atoms with E-state index in [9.17, 15) is 0 Å². The van der Waals surface area contributed by atoms with Crippen LogP contribution >= 0.6 is 0 Å². The normalized spacial score (nSPS) is 21.1. The Bertz CT molecular complexity index is 408. The third-order valence-electron chi connectivity index (χ3n) is 3.54. The number of hydrogen-bond donors (Lipinski definition) is 2. The fourth-order valence-corrected chi connectivity index (χ4v) is 2.37. The number of likely N-dealkylation sites (N-methyl/N-ethyl adjacent to an activating group) is 1. The predicted octanol–water partition coefficient (Wildman–Crippen LogP) is 0.601. The summed E-state index contributed by atoms with van der Waals surface area (Å²) in [7, 11) is 2.18. The number of hydrogen-bond acceptors (Lipinski definition) is 6. The molecule has 1 aliphatic heterocycles. The maximum atomic E-state index is 5.39. The lowest BCUT2D eigenvalue weighted by Crippen LogP contribution is -2.51. The van der Waals surface area contributed by atoms with Crippen molar-refractivity contribution < 1.29 is 0 Å². The Kier molecular flexibility index (Phi) is 3.98. The summed E-state index contributed by atoms with van der Waals surface area (Å²) < 4.78 is 0. The monoisotopic (exact) mass is 250 g/mol. The van der Waals surface area contributed by atoms with E-state index in [-0.39, 0.29) is 0 Å². The molecule has 1 unspecified atom stereocenters. The van der Waals surface area contributed by atoms with Gasteiger partial charge in [0, 0.05) is 37.4 Å². The Morgan fingerprint density at radius 2 is 2.22 bits per heavy atom. The number of rotatable bonds is 3. The number of nitrogens with two attached hydrogens (primary N) is 1. The van der Waals surface area contributed by atoms with Crippen LogP contribution in [0.5, 0.6) is 0 Å². The van der Waals surface area contributed by atoms with E-state index in [1.165, 1.54) is 0 Å². The molecule has 3 N–H and O–H groups in total. The third kappa shape index (κ3) is 2.70. The van der Waals surface area contributed by atoms with Gasteiger partial charge in [0.2, 0.25) is 5.95 Å². The van der Waals surface area contributed by atoms with E-state index in [1.54, 1.807) is 0 Å². The highest BCUT2D eigenvalue weighted by atomic mass is 15.3. The number of aryl methyl sites for hydroxylation is 1. The summed E-state index contributed by atoms with van der Waals surface area (Å²) in [6.45, 7) is 7.25. The van der Waals surface area contributed by atoms with Gasteiger partial charge in [0.1, 0.15) is 5.82 Å². The van der Waals surface area contributed by atoms with Crippen molar-refractivity contribution in [2.45, 2.75) is 26.3 Å². The molecule has 1 fully saturated rings. The number of nitrogens with one attached hydrogen (secondary N) is 1. The van der Waals surface area contributed by atoms with E-state index in [0.29, 0.717) is 12.0 Å². The van der Waals surface area contributed by atoms with Gasteiger partial charge in [-0.25, -0.2) is 10.8 Å². The fraction of sp³-hybridized carbons (Fsp3) is 0.667. The molecule has 0 saturated carbocycles. The molecule has 2 heterocycles. The van der Waals surface area contributed by atoms with Crippen molar-refractivity contribution in [1.29, 1.82) is 0 Å². The maximum Gasteiger partial charge on any atom is 0.239 e. The molecule has 0 amide bonds. The zero-order valence-electron chi connectivity index (χ0n) is 11.3. The molecule has 1 atom stereocenters. The number of aromatic nitrogens is 2. The summed E-state index contributed by atoms with van der Waals surface area (Å²) in [5.74, 6) is 6.83. The zero-order valence-corrected chi connectivity index (χ0v) is 11.3. The molecule has 1 aliphatic rings. The minimum atomic E-state index is 0.483. The molecule has 0 aliphatic carbocycles. The molecule has 2 rings (SSSR count). The van der Waals surface area contributed by atoms with E-state index in [0.717, 1.165) is 37.6 Å². The van der Waals surface area contributed by atoms with Crippen molar-refractivity contribution in [3.63, 3.8) is 0 Å². The van der Waals surface area contributed by atoms with Crippen LogP contribution in [0.3, 0.4) is 0 Å². The lowest BCUT2D eigenvalue weighted by Gasteiger charge is -2.39. The topological polar surface area (TPSA) is 70.3 Å². The molecule has 1 saturated heterocycles. The van der Waals surface area contributed by atoms with Crippen molar-refractivity contribution in [2.75, 3.05) is 37.0 Å². The number of piperazine rings is 1. The minimum absolute atomic E-state index is 0.483. The van der Waals surface area contributed by atoms with Gasteiger partial charge in [-0.1, -0.05) is 6.92 Å². The first kappa shape index (κ1) is 13.0. The summed E-state index contributed by atoms with van der Waals surface area (Å²) >= 11 is 0. The van der Waals surface area contributed by atoms with E-state index < -0.39 is 0 Å². The Balaban J connectivity index is 2.18. The van der Waals surface area contributed by atoms with E-state index in [1.807, 2.05) is 13.0 Å². The molecule has 18 heavy (non-hydrogen) atoms. The van der Waals surface area contributed by atoms with Crippen LogP contribution in [0.2, 0.25) is 0 Å². The highest BCUT2D eigenvalue weighted by Gasteiger charge is 2.24. The first-order valence-corrected chi connectivity index (χ1v) is 6.41. The standard InChI is InChI=1S/C12H22N6/c1-4-10-8-18(6-5-17(10)3)11-7-9(2)14-12(15-11)16-13/h7,10H,4-6,8,13H2,1-3H3,(H,14,15,16). The summed E-state index contributed by atoms with van der Waals surface area (Å²) in [4.78, 5) is 13.4. The smallest absolute Gasteiger partial charge is 0.239 e. The van der Waals surface area contributed by atoms with Gasteiger partial charge in [-0.15, -0.1) is 0 Å². The van der Waals surface area contributed by atoms with Crippen molar-refractivity contribution in [3.8, 4) is 0 Å².